The zero-order valence-corrected chi connectivity index (χ0v) is 16.1. The summed E-state index contributed by atoms with van der Waals surface area (Å²) in [4.78, 5) is 29.9. The Bertz CT molecular complexity index is 923. The number of rotatable bonds is 3. The molecule has 10 heteroatoms. The smallest absolute Gasteiger partial charge is 0.356 e. The van der Waals surface area contributed by atoms with Crippen molar-refractivity contribution in [1.82, 2.24) is 10.3 Å². The number of carbonyl (C=O) groups is 2. The maximum absolute atomic E-state index is 13.1. The lowest BCUT2D eigenvalue weighted by Gasteiger charge is -2.33. The SMILES string of the molecule is Cc1cc(F)ccc1NC(=O)C(=O)NC1CCN(c2ccc(C(F)(F)F)cn2)CC1. The quantitative estimate of drug-likeness (QED) is 0.586. The first-order valence-corrected chi connectivity index (χ1v) is 9.29. The molecule has 1 aliphatic heterocycles. The molecular weight excluding hydrogens is 404 g/mol. The number of amides is 2. The van der Waals surface area contributed by atoms with Gasteiger partial charge in [0.05, 0.1) is 5.56 Å². The Hall–Kier alpha value is -3.17. The Balaban J connectivity index is 1.50. The second kappa shape index (κ2) is 8.68. The number of benzene rings is 1. The summed E-state index contributed by atoms with van der Waals surface area (Å²) in [7, 11) is 0. The number of anilines is 2. The second-order valence-electron chi connectivity index (χ2n) is 7.05. The fourth-order valence-corrected chi connectivity index (χ4v) is 3.19. The Morgan fingerprint density at radius 2 is 1.80 bits per heavy atom. The highest BCUT2D eigenvalue weighted by molar-refractivity contribution is 6.39. The van der Waals surface area contributed by atoms with Gasteiger partial charge in [-0.2, -0.15) is 13.2 Å². The first kappa shape index (κ1) is 21.5. The van der Waals surface area contributed by atoms with Crippen molar-refractivity contribution in [3.63, 3.8) is 0 Å². The van der Waals surface area contributed by atoms with E-state index in [2.05, 4.69) is 15.6 Å². The molecule has 1 aromatic heterocycles. The lowest BCUT2D eigenvalue weighted by atomic mass is 10.0. The van der Waals surface area contributed by atoms with Gasteiger partial charge in [0.1, 0.15) is 11.6 Å². The van der Waals surface area contributed by atoms with Crippen molar-refractivity contribution in [2.45, 2.75) is 32.0 Å². The van der Waals surface area contributed by atoms with Crippen LogP contribution in [0.4, 0.5) is 29.1 Å². The number of hydrogen-bond acceptors (Lipinski definition) is 4. The Morgan fingerprint density at radius 3 is 2.37 bits per heavy atom. The van der Waals surface area contributed by atoms with Crippen LogP contribution in [-0.4, -0.2) is 35.9 Å². The van der Waals surface area contributed by atoms with E-state index in [1.807, 2.05) is 4.90 Å². The zero-order chi connectivity index (χ0) is 21.9. The number of piperidine rings is 1. The molecule has 0 atom stereocenters. The van der Waals surface area contributed by atoms with Crippen LogP contribution >= 0.6 is 0 Å². The molecular formula is C20H20F4N4O2. The number of alkyl halides is 3. The van der Waals surface area contributed by atoms with E-state index in [4.69, 9.17) is 0 Å². The van der Waals surface area contributed by atoms with E-state index in [9.17, 15) is 27.2 Å². The molecule has 2 N–H and O–H groups in total. The molecule has 0 radical (unpaired) electrons. The molecule has 0 saturated carbocycles. The highest BCUT2D eigenvalue weighted by atomic mass is 19.4. The van der Waals surface area contributed by atoms with Crippen LogP contribution in [0.25, 0.3) is 0 Å². The molecule has 1 fully saturated rings. The van der Waals surface area contributed by atoms with Crippen molar-refractivity contribution in [3.05, 3.63) is 53.5 Å². The van der Waals surface area contributed by atoms with Gasteiger partial charge in [-0.05, 0) is 55.7 Å². The number of nitrogens with zero attached hydrogens (tertiary/aromatic N) is 2. The van der Waals surface area contributed by atoms with E-state index in [-0.39, 0.29) is 6.04 Å². The van der Waals surface area contributed by atoms with Crippen molar-refractivity contribution in [2.75, 3.05) is 23.3 Å². The van der Waals surface area contributed by atoms with Gasteiger partial charge in [-0.3, -0.25) is 9.59 Å². The van der Waals surface area contributed by atoms with Gasteiger partial charge in [-0.15, -0.1) is 0 Å². The van der Waals surface area contributed by atoms with Crippen molar-refractivity contribution in [1.29, 1.82) is 0 Å². The third kappa shape index (κ3) is 5.25. The Kier molecular flexibility index (Phi) is 6.23. The third-order valence-electron chi connectivity index (χ3n) is 4.87. The molecule has 2 amide bonds. The van der Waals surface area contributed by atoms with Crippen molar-refractivity contribution in [3.8, 4) is 0 Å². The van der Waals surface area contributed by atoms with Gasteiger partial charge in [0.15, 0.2) is 0 Å². The van der Waals surface area contributed by atoms with Crippen LogP contribution in [0, 0.1) is 12.7 Å². The highest BCUT2D eigenvalue weighted by Crippen LogP contribution is 2.29. The predicted molar refractivity (Wildman–Crippen MR) is 102 cm³/mol. The fraction of sp³-hybridized carbons (Fsp3) is 0.350. The first-order valence-electron chi connectivity index (χ1n) is 9.29. The summed E-state index contributed by atoms with van der Waals surface area (Å²) in [6.07, 6.45) is -2.62. The number of aryl methyl sites for hydroxylation is 1. The van der Waals surface area contributed by atoms with E-state index in [1.165, 1.54) is 24.3 Å². The standard InChI is InChI=1S/C20H20F4N4O2/c1-12-10-14(21)3-4-16(12)27-19(30)18(29)26-15-6-8-28(9-7-15)17-5-2-13(11-25-17)20(22,23)24/h2-5,10-11,15H,6-9H2,1H3,(H,26,29)(H,27,30). The molecule has 30 heavy (non-hydrogen) atoms. The molecule has 1 saturated heterocycles. The Labute approximate surface area is 170 Å². The van der Waals surface area contributed by atoms with Crippen LogP contribution in [-0.2, 0) is 15.8 Å². The van der Waals surface area contributed by atoms with E-state index >= 15 is 0 Å². The Morgan fingerprint density at radius 1 is 1.10 bits per heavy atom. The zero-order valence-electron chi connectivity index (χ0n) is 16.1. The third-order valence-corrected chi connectivity index (χ3v) is 4.87. The van der Waals surface area contributed by atoms with E-state index in [0.29, 0.717) is 43.0 Å². The van der Waals surface area contributed by atoms with Gasteiger partial charge < -0.3 is 15.5 Å². The van der Waals surface area contributed by atoms with Crippen LogP contribution in [0.3, 0.4) is 0 Å². The minimum absolute atomic E-state index is 0.247. The molecule has 0 aliphatic carbocycles. The van der Waals surface area contributed by atoms with Gasteiger partial charge in [0.25, 0.3) is 0 Å². The summed E-state index contributed by atoms with van der Waals surface area (Å²) in [5.74, 6) is -1.66. The summed E-state index contributed by atoms with van der Waals surface area (Å²) in [6.45, 7) is 2.56. The predicted octanol–water partition coefficient (Wildman–Crippen LogP) is 3.27. The molecule has 6 nitrogen and oxygen atoms in total. The monoisotopic (exact) mass is 424 g/mol. The van der Waals surface area contributed by atoms with Gasteiger partial charge in [0.2, 0.25) is 0 Å². The number of hydrogen-bond donors (Lipinski definition) is 2. The normalized spacial score (nSPS) is 15.0. The lowest BCUT2D eigenvalue weighted by molar-refractivity contribution is -0.137. The van der Waals surface area contributed by atoms with E-state index in [0.717, 1.165) is 12.3 Å². The van der Waals surface area contributed by atoms with Crippen LogP contribution in [0.1, 0.15) is 24.0 Å². The average molecular weight is 424 g/mol. The summed E-state index contributed by atoms with van der Waals surface area (Å²) in [5.41, 5.74) is 0.0315. The maximum Gasteiger partial charge on any atom is 0.417 e. The fourth-order valence-electron chi connectivity index (χ4n) is 3.19. The molecule has 0 spiro atoms. The van der Waals surface area contributed by atoms with Crippen molar-refractivity contribution < 1.29 is 27.2 Å². The molecule has 3 rings (SSSR count). The minimum atomic E-state index is -4.43. The summed E-state index contributed by atoms with van der Waals surface area (Å²) in [5, 5.41) is 5.10. The topological polar surface area (TPSA) is 74.3 Å². The number of carbonyl (C=O) groups excluding carboxylic acids is 2. The molecule has 2 aromatic rings. The molecule has 0 unspecified atom stereocenters. The van der Waals surface area contributed by atoms with Gasteiger partial charge in [-0.1, -0.05) is 0 Å². The second-order valence-corrected chi connectivity index (χ2v) is 7.05. The first-order chi connectivity index (χ1) is 14.1. The molecule has 160 valence electrons. The molecule has 0 bridgehead atoms. The number of aromatic nitrogens is 1. The largest absolute Gasteiger partial charge is 0.417 e. The summed E-state index contributed by atoms with van der Waals surface area (Å²) in [6, 6.07) is 5.87. The van der Waals surface area contributed by atoms with Crippen LogP contribution in [0.15, 0.2) is 36.5 Å². The highest BCUT2D eigenvalue weighted by Gasteiger charge is 2.31. The molecule has 1 aromatic carbocycles. The van der Waals surface area contributed by atoms with Gasteiger partial charge >= 0.3 is 18.0 Å². The molecule has 2 heterocycles. The van der Waals surface area contributed by atoms with Crippen LogP contribution in [0.5, 0.6) is 0 Å². The minimum Gasteiger partial charge on any atom is -0.356 e. The van der Waals surface area contributed by atoms with E-state index in [1.54, 1.807) is 6.92 Å². The number of nitrogens with one attached hydrogen (secondary N) is 2. The maximum atomic E-state index is 13.1. The average Bonchev–Trinajstić information content (AvgIpc) is 2.70. The lowest BCUT2D eigenvalue weighted by Crippen LogP contribution is -2.48. The summed E-state index contributed by atoms with van der Waals surface area (Å²) >= 11 is 0. The van der Waals surface area contributed by atoms with Gasteiger partial charge in [-0.25, -0.2) is 9.37 Å². The van der Waals surface area contributed by atoms with Gasteiger partial charge in [0, 0.05) is 31.0 Å². The van der Waals surface area contributed by atoms with E-state index < -0.39 is 29.4 Å². The van der Waals surface area contributed by atoms with Crippen molar-refractivity contribution >= 4 is 23.3 Å². The van der Waals surface area contributed by atoms with Crippen LogP contribution in [0.2, 0.25) is 0 Å². The number of halogens is 4. The summed E-state index contributed by atoms with van der Waals surface area (Å²) < 4.78 is 51.0. The van der Waals surface area contributed by atoms with Crippen LogP contribution < -0.4 is 15.5 Å². The van der Waals surface area contributed by atoms with Crippen molar-refractivity contribution in [2.24, 2.45) is 0 Å². The molecule has 1 aliphatic rings. The number of pyridine rings is 1.